The molecule has 9 heteroatoms. The quantitative estimate of drug-likeness (QED) is 0.567. The smallest absolute Gasteiger partial charge is 0.326 e. The number of benzene rings is 1. The van der Waals surface area contributed by atoms with Gasteiger partial charge >= 0.3 is 12.0 Å². The number of Topliss-reactive ketones (excluding diaryl/α,β-unsaturated/α-hetero) is 1. The number of hydrogen-bond acceptors (Lipinski definition) is 6. The van der Waals surface area contributed by atoms with Gasteiger partial charge in [0.15, 0.2) is 6.10 Å². The molecule has 1 aromatic rings. The molecule has 2 aliphatic rings. The van der Waals surface area contributed by atoms with E-state index < -0.39 is 42.2 Å². The Hall–Kier alpha value is -3.23. The molecule has 154 valence electrons. The number of fused-ring (bicyclic) bond motifs is 1. The van der Waals surface area contributed by atoms with Crippen molar-refractivity contribution in [3.8, 4) is 0 Å². The monoisotopic (exact) mass is 401 g/mol. The van der Waals surface area contributed by atoms with Gasteiger partial charge in [0.25, 0.3) is 17.6 Å². The number of hydrogen-bond donors (Lipinski definition) is 2. The van der Waals surface area contributed by atoms with Crippen LogP contribution in [0.15, 0.2) is 24.3 Å². The largest absolute Gasteiger partial charge is 0.451 e. The summed E-state index contributed by atoms with van der Waals surface area (Å²) in [5, 5.41) is 4.89. The summed E-state index contributed by atoms with van der Waals surface area (Å²) in [6.45, 7) is 0.819. The molecule has 0 aromatic heterocycles. The number of urea groups is 1. The van der Waals surface area contributed by atoms with Crippen molar-refractivity contribution in [1.29, 1.82) is 0 Å². The minimum atomic E-state index is -1.23. The zero-order valence-electron chi connectivity index (χ0n) is 16.1. The lowest BCUT2D eigenvalue weighted by molar-refractivity contribution is -0.153. The standard InChI is InChI=1S/C20H23N3O6/c1-12(18(26)22-20(28)21-13-7-3-2-4-8-13)29-16(24)11-23-15-10-6-5-9-14(15)17(25)19(23)27/h5-6,9-10,12-13H,2-4,7-8,11H2,1H3,(H2,21,22,26,28)/t12-/m1/s1. The molecule has 0 saturated heterocycles. The van der Waals surface area contributed by atoms with Crippen molar-refractivity contribution < 1.29 is 28.7 Å². The highest BCUT2D eigenvalue weighted by atomic mass is 16.5. The second kappa shape index (κ2) is 8.85. The average molecular weight is 401 g/mol. The highest BCUT2D eigenvalue weighted by molar-refractivity contribution is 6.52. The number of nitrogens with one attached hydrogen (secondary N) is 2. The first-order valence-electron chi connectivity index (χ1n) is 9.63. The van der Waals surface area contributed by atoms with E-state index >= 15 is 0 Å². The number of ketones is 1. The van der Waals surface area contributed by atoms with Crippen molar-refractivity contribution >= 4 is 35.3 Å². The van der Waals surface area contributed by atoms with E-state index in [1.165, 1.54) is 13.0 Å². The van der Waals surface area contributed by atoms with E-state index in [9.17, 15) is 24.0 Å². The SMILES string of the molecule is C[C@@H](OC(=O)CN1C(=O)C(=O)c2ccccc21)C(=O)NC(=O)NC1CCCCC1. The van der Waals surface area contributed by atoms with Gasteiger partial charge < -0.3 is 10.1 Å². The Morgan fingerprint density at radius 1 is 1.14 bits per heavy atom. The predicted molar refractivity (Wildman–Crippen MR) is 102 cm³/mol. The Labute approximate surface area is 167 Å². The molecule has 29 heavy (non-hydrogen) atoms. The normalized spacial score (nSPS) is 17.5. The van der Waals surface area contributed by atoms with Crippen molar-refractivity contribution in [2.75, 3.05) is 11.4 Å². The first-order valence-corrected chi connectivity index (χ1v) is 9.63. The number of ether oxygens (including phenoxy) is 1. The van der Waals surface area contributed by atoms with Gasteiger partial charge in [-0.05, 0) is 31.9 Å². The van der Waals surface area contributed by atoms with Gasteiger partial charge in [-0.25, -0.2) is 4.79 Å². The molecular weight excluding hydrogens is 378 g/mol. The molecule has 4 amide bonds. The van der Waals surface area contributed by atoms with Crippen LogP contribution >= 0.6 is 0 Å². The summed E-state index contributed by atoms with van der Waals surface area (Å²) in [6, 6.07) is 5.73. The fourth-order valence-electron chi connectivity index (χ4n) is 3.50. The number of nitrogens with zero attached hydrogens (tertiary/aromatic N) is 1. The van der Waals surface area contributed by atoms with Crippen LogP contribution in [0, 0.1) is 0 Å². The number of para-hydroxylation sites is 1. The Balaban J connectivity index is 1.50. The maximum atomic E-state index is 12.2. The number of imide groups is 1. The molecule has 0 radical (unpaired) electrons. The second-order valence-corrected chi connectivity index (χ2v) is 7.17. The lowest BCUT2D eigenvalue weighted by Gasteiger charge is -2.23. The summed E-state index contributed by atoms with van der Waals surface area (Å²) in [7, 11) is 0. The molecule has 1 heterocycles. The Morgan fingerprint density at radius 3 is 2.55 bits per heavy atom. The lowest BCUT2D eigenvalue weighted by Crippen LogP contribution is -2.48. The van der Waals surface area contributed by atoms with Crippen LogP contribution in [-0.2, 0) is 19.1 Å². The molecule has 1 saturated carbocycles. The molecule has 1 aliphatic heterocycles. The molecule has 1 aliphatic carbocycles. The fourth-order valence-corrected chi connectivity index (χ4v) is 3.50. The van der Waals surface area contributed by atoms with Crippen LogP contribution in [0.25, 0.3) is 0 Å². The number of carbonyl (C=O) groups is 5. The van der Waals surface area contributed by atoms with Crippen LogP contribution in [0.1, 0.15) is 49.4 Å². The van der Waals surface area contributed by atoms with Crippen LogP contribution in [0.4, 0.5) is 10.5 Å². The van der Waals surface area contributed by atoms with Gasteiger partial charge in [-0.1, -0.05) is 31.4 Å². The van der Waals surface area contributed by atoms with E-state index in [1.54, 1.807) is 18.2 Å². The first-order chi connectivity index (χ1) is 13.9. The van der Waals surface area contributed by atoms with Crippen LogP contribution < -0.4 is 15.5 Å². The third-order valence-electron chi connectivity index (χ3n) is 5.02. The van der Waals surface area contributed by atoms with E-state index in [-0.39, 0.29) is 11.6 Å². The van der Waals surface area contributed by atoms with E-state index in [0.29, 0.717) is 5.69 Å². The van der Waals surface area contributed by atoms with E-state index in [2.05, 4.69) is 10.6 Å². The summed E-state index contributed by atoms with van der Waals surface area (Å²) in [5.41, 5.74) is 0.541. The van der Waals surface area contributed by atoms with Gasteiger partial charge in [0.05, 0.1) is 11.3 Å². The predicted octanol–water partition coefficient (Wildman–Crippen LogP) is 1.31. The number of rotatable bonds is 5. The molecule has 2 N–H and O–H groups in total. The number of esters is 1. The zero-order valence-corrected chi connectivity index (χ0v) is 16.1. The average Bonchev–Trinajstić information content (AvgIpc) is 2.93. The minimum absolute atomic E-state index is 0.0354. The number of anilines is 1. The highest BCUT2D eigenvalue weighted by Crippen LogP contribution is 2.28. The number of amides is 4. The van der Waals surface area contributed by atoms with Crippen molar-refractivity contribution in [2.24, 2.45) is 0 Å². The topological polar surface area (TPSA) is 122 Å². The molecule has 0 bridgehead atoms. The summed E-state index contributed by atoms with van der Waals surface area (Å²) < 4.78 is 5.03. The van der Waals surface area contributed by atoms with Gasteiger partial charge in [-0.2, -0.15) is 0 Å². The third kappa shape index (κ3) is 4.79. The number of carbonyl (C=O) groups excluding carboxylic acids is 5. The van der Waals surface area contributed by atoms with Crippen molar-refractivity contribution in [3.63, 3.8) is 0 Å². The van der Waals surface area contributed by atoms with Crippen LogP contribution in [0.5, 0.6) is 0 Å². The molecule has 0 spiro atoms. The summed E-state index contributed by atoms with van der Waals surface area (Å²) in [4.78, 5) is 61.3. The van der Waals surface area contributed by atoms with Crippen LogP contribution in [0.2, 0.25) is 0 Å². The summed E-state index contributed by atoms with van der Waals surface area (Å²) >= 11 is 0. The molecule has 3 rings (SSSR count). The second-order valence-electron chi connectivity index (χ2n) is 7.17. The van der Waals surface area contributed by atoms with Crippen molar-refractivity contribution in [2.45, 2.75) is 51.2 Å². The summed E-state index contributed by atoms with van der Waals surface area (Å²) in [6.07, 6.45) is 3.72. The van der Waals surface area contributed by atoms with Gasteiger partial charge in [0.2, 0.25) is 0 Å². The van der Waals surface area contributed by atoms with Gasteiger partial charge in [0, 0.05) is 6.04 Å². The maximum absolute atomic E-state index is 12.2. The Morgan fingerprint density at radius 2 is 1.83 bits per heavy atom. The van der Waals surface area contributed by atoms with Gasteiger partial charge in [-0.3, -0.25) is 29.4 Å². The van der Waals surface area contributed by atoms with E-state index in [0.717, 1.165) is 37.0 Å². The van der Waals surface area contributed by atoms with Crippen molar-refractivity contribution in [1.82, 2.24) is 10.6 Å². The van der Waals surface area contributed by atoms with Gasteiger partial charge in [0.1, 0.15) is 6.54 Å². The molecule has 1 fully saturated rings. The molecule has 0 unspecified atom stereocenters. The lowest BCUT2D eigenvalue weighted by atomic mass is 9.96. The van der Waals surface area contributed by atoms with E-state index in [1.807, 2.05) is 0 Å². The zero-order chi connectivity index (χ0) is 21.0. The molecule has 9 nitrogen and oxygen atoms in total. The Kier molecular flexibility index (Phi) is 6.26. The maximum Gasteiger partial charge on any atom is 0.326 e. The van der Waals surface area contributed by atoms with Gasteiger partial charge in [-0.15, -0.1) is 0 Å². The van der Waals surface area contributed by atoms with E-state index in [4.69, 9.17) is 4.74 Å². The van der Waals surface area contributed by atoms with Crippen LogP contribution in [-0.4, -0.2) is 48.3 Å². The summed E-state index contributed by atoms with van der Waals surface area (Å²) in [5.74, 6) is -3.15. The first kappa shape index (κ1) is 20.5. The molecular formula is C20H23N3O6. The highest BCUT2D eigenvalue weighted by Gasteiger charge is 2.37. The van der Waals surface area contributed by atoms with Crippen LogP contribution in [0.3, 0.4) is 0 Å². The molecule has 1 atom stereocenters. The third-order valence-corrected chi connectivity index (χ3v) is 5.02. The molecule has 1 aromatic carbocycles. The Bertz CT molecular complexity index is 846. The van der Waals surface area contributed by atoms with Crippen molar-refractivity contribution in [3.05, 3.63) is 29.8 Å². The fraction of sp³-hybridized carbons (Fsp3) is 0.450. The minimum Gasteiger partial charge on any atom is -0.451 e.